The van der Waals surface area contributed by atoms with Gasteiger partial charge >= 0.3 is 0 Å². The number of thioether (sulfide) groups is 2. The van der Waals surface area contributed by atoms with Crippen LogP contribution in [0.4, 0.5) is 0 Å². The predicted octanol–water partition coefficient (Wildman–Crippen LogP) is 7.51. The van der Waals surface area contributed by atoms with Crippen molar-refractivity contribution in [3.8, 4) is 0 Å². The smallest absolute Gasteiger partial charge is 0.0985 e. The van der Waals surface area contributed by atoms with E-state index in [9.17, 15) is 0 Å². The Hall–Kier alpha value is 0.0200. The van der Waals surface area contributed by atoms with E-state index in [0.717, 1.165) is 21.6 Å². The monoisotopic (exact) mass is 610 g/mol. The van der Waals surface area contributed by atoms with Crippen molar-refractivity contribution in [2.45, 2.75) is 24.9 Å². The van der Waals surface area contributed by atoms with E-state index in [1.807, 2.05) is 36.4 Å². The zero-order valence-electron chi connectivity index (χ0n) is 16.9. The lowest BCUT2D eigenvalue weighted by Gasteiger charge is -2.13. The first kappa shape index (κ1) is 28.1. The van der Waals surface area contributed by atoms with E-state index < -0.39 is 0 Å². The molecule has 30 heavy (non-hydrogen) atoms. The molecule has 0 fully saturated rings. The first-order valence-electron chi connectivity index (χ1n) is 9.15. The predicted molar refractivity (Wildman–Crippen MR) is 150 cm³/mol. The Balaban J connectivity index is 0.000000281. The molecule has 0 spiro atoms. The largest absolute Gasteiger partial charge is 0.269 e. The van der Waals surface area contributed by atoms with Crippen molar-refractivity contribution in [2.75, 3.05) is 23.3 Å². The van der Waals surface area contributed by atoms with Crippen molar-refractivity contribution in [1.29, 1.82) is 0 Å². The van der Waals surface area contributed by atoms with Crippen LogP contribution in [-0.4, -0.2) is 44.4 Å². The molecule has 2 aromatic carbocycles. The number of rotatable bonds is 4. The molecule has 0 aromatic heterocycles. The maximum atomic E-state index is 5.88. The molecule has 0 bridgehead atoms. The van der Waals surface area contributed by atoms with Crippen LogP contribution in [0.25, 0.3) is 0 Å². The highest BCUT2D eigenvalue weighted by molar-refractivity contribution is 8.93. The number of benzene rings is 2. The van der Waals surface area contributed by atoms with Crippen LogP contribution in [0.5, 0.6) is 0 Å². The number of nitrogens with zero attached hydrogens (tertiary/aromatic N) is 2. The summed E-state index contributed by atoms with van der Waals surface area (Å²) in [6.07, 6.45) is 0. The fraction of sp³-hybridized carbons (Fsp3) is 0.364. The summed E-state index contributed by atoms with van der Waals surface area (Å²) >= 11 is 15.3. The van der Waals surface area contributed by atoms with Crippen molar-refractivity contribution in [3.63, 3.8) is 0 Å². The third-order valence-corrected chi connectivity index (χ3v) is 8.28. The molecule has 2 aliphatic heterocycles. The van der Waals surface area contributed by atoms with Gasteiger partial charge in [0.15, 0.2) is 0 Å². The van der Waals surface area contributed by atoms with Gasteiger partial charge in [-0.3, -0.25) is 9.98 Å². The third-order valence-electron chi connectivity index (χ3n) is 4.40. The normalized spacial score (nSPS) is 24.5. The highest BCUT2D eigenvalue weighted by Crippen LogP contribution is 2.32. The number of hydrogen-bond donors (Lipinski definition) is 0. The summed E-state index contributed by atoms with van der Waals surface area (Å²) < 4.78 is 0. The van der Waals surface area contributed by atoms with Gasteiger partial charge in [-0.25, -0.2) is 0 Å². The molecule has 0 N–H and O–H groups in total. The molecule has 2 aromatic rings. The summed E-state index contributed by atoms with van der Waals surface area (Å²) in [6.45, 7) is 4.20. The van der Waals surface area contributed by atoms with Crippen LogP contribution in [-0.2, 0) is 0 Å². The van der Waals surface area contributed by atoms with Crippen LogP contribution in [0, 0.1) is 0 Å². The van der Waals surface area contributed by atoms with Gasteiger partial charge < -0.3 is 0 Å². The molecule has 0 saturated heterocycles. The quantitative estimate of drug-likeness (QED) is 0.334. The Labute approximate surface area is 219 Å². The molecule has 8 heteroatoms. The molecule has 2 aliphatic rings. The Morgan fingerprint density at radius 2 is 1.03 bits per heavy atom. The molecular formula is C22H26Br2Cl2N2S2. The summed E-state index contributed by atoms with van der Waals surface area (Å²) in [5.74, 6) is 3.16. The minimum Gasteiger partial charge on any atom is -0.269 e. The fourth-order valence-corrected chi connectivity index (χ4v) is 5.60. The van der Waals surface area contributed by atoms with E-state index in [2.05, 4.69) is 48.1 Å². The number of halogens is 4. The summed E-state index contributed by atoms with van der Waals surface area (Å²) in [6, 6.07) is 20.5. The van der Waals surface area contributed by atoms with Gasteiger partial charge in [0.25, 0.3) is 0 Å². The lowest BCUT2D eigenvalue weighted by Crippen LogP contribution is -2.23. The third kappa shape index (κ3) is 7.56. The van der Waals surface area contributed by atoms with Gasteiger partial charge in [0.2, 0.25) is 0 Å². The highest BCUT2D eigenvalue weighted by Gasteiger charge is 2.30. The second-order valence-electron chi connectivity index (χ2n) is 7.40. The van der Waals surface area contributed by atoms with Crippen LogP contribution in [0.2, 0.25) is 0 Å². The molecule has 164 valence electrons. The van der Waals surface area contributed by atoms with E-state index in [4.69, 9.17) is 23.2 Å². The minimum absolute atomic E-state index is 0. The van der Waals surface area contributed by atoms with Crippen molar-refractivity contribution < 1.29 is 0 Å². The summed E-state index contributed by atoms with van der Waals surface area (Å²) in [4.78, 5) is 9.31. The molecule has 2 nitrogen and oxygen atoms in total. The molecular weight excluding hydrogens is 587 g/mol. The average Bonchev–Trinajstić information content (AvgIpc) is 3.34. The lowest BCUT2D eigenvalue weighted by atomic mass is 10.1. The summed E-state index contributed by atoms with van der Waals surface area (Å²) in [5.41, 5.74) is 2.26. The Morgan fingerprint density at radius 3 is 1.30 bits per heavy atom. The molecule has 2 atom stereocenters. The van der Waals surface area contributed by atoms with Crippen LogP contribution in [0.3, 0.4) is 0 Å². The van der Waals surface area contributed by atoms with Crippen LogP contribution in [0.15, 0.2) is 70.6 Å². The standard InChI is InChI=1S/2C11H12ClNS.2BrH/c2*1-11(7-12)8-14-10(13-11)9-5-3-2-4-6-9;;/h2*2-6H,7-8H2,1H3;2*1H/t2*11-;;/m00../s1. The Kier molecular flexibility index (Phi) is 12.1. The molecule has 4 rings (SSSR count). The maximum absolute atomic E-state index is 5.88. The summed E-state index contributed by atoms with van der Waals surface area (Å²) in [7, 11) is 0. The number of hydrogen-bond acceptors (Lipinski definition) is 4. The van der Waals surface area contributed by atoms with E-state index >= 15 is 0 Å². The SMILES string of the molecule is Br.Br.C[C@]1(CCl)CSC(c2ccccc2)=N1.C[C@]1(CCl)CSC(c2ccccc2)=N1. The first-order chi connectivity index (χ1) is 13.5. The van der Waals surface area contributed by atoms with Gasteiger partial charge in [0.05, 0.1) is 21.2 Å². The molecule has 0 amide bonds. The lowest BCUT2D eigenvalue weighted by molar-refractivity contribution is 0.612. The summed E-state index contributed by atoms with van der Waals surface area (Å²) in [5, 5.41) is 2.24. The van der Waals surface area contributed by atoms with Gasteiger partial charge in [-0.15, -0.1) is 80.7 Å². The zero-order valence-corrected chi connectivity index (χ0v) is 23.5. The van der Waals surface area contributed by atoms with E-state index in [1.165, 1.54) is 11.1 Å². The van der Waals surface area contributed by atoms with E-state index in [-0.39, 0.29) is 45.0 Å². The van der Waals surface area contributed by atoms with Crippen molar-refractivity contribution >= 4 is 90.8 Å². The van der Waals surface area contributed by atoms with E-state index in [0.29, 0.717) is 11.8 Å². The molecule has 0 saturated carbocycles. The first-order valence-corrected chi connectivity index (χ1v) is 12.2. The Morgan fingerprint density at radius 1 is 0.700 bits per heavy atom. The average molecular weight is 613 g/mol. The van der Waals surface area contributed by atoms with Gasteiger partial charge in [0, 0.05) is 34.4 Å². The Bertz CT molecular complexity index is 781. The van der Waals surface area contributed by atoms with Crippen LogP contribution >= 0.6 is 80.7 Å². The zero-order chi connectivity index (χ0) is 20.0. The van der Waals surface area contributed by atoms with Gasteiger partial charge in [-0.2, -0.15) is 0 Å². The number of alkyl halides is 2. The van der Waals surface area contributed by atoms with Crippen molar-refractivity contribution in [1.82, 2.24) is 0 Å². The molecule has 0 radical (unpaired) electrons. The van der Waals surface area contributed by atoms with E-state index in [1.54, 1.807) is 23.5 Å². The topological polar surface area (TPSA) is 24.7 Å². The second-order valence-corrected chi connectivity index (χ2v) is 9.87. The second kappa shape index (κ2) is 12.9. The van der Waals surface area contributed by atoms with Gasteiger partial charge in [-0.1, -0.05) is 60.7 Å². The molecule has 0 unspecified atom stereocenters. The van der Waals surface area contributed by atoms with Crippen molar-refractivity contribution in [3.05, 3.63) is 71.8 Å². The van der Waals surface area contributed by atoms with Crippen molar-refractivity contribution in [2.24, 2.45) is 9.98 Å². The maximum Gasteiger partial charge on any atom is 0.0985 e. The van der Waals surface area contributed by atoms with Crippen LogP contribution < -0.4 is 0 Å². The van der Waals surface area contributed by atoms with Crippen LogP contribution in [0.1, 0.15) is 25.0 Å². The van der Waals surface area contributed by atoms with Gasteiger partial charge in [-0.05, 0) is 13.8 Å². The fourth-order valence-electron chi connectivity index (χ4n) is 2.66. The number of aliphatic imine (C=N–C) groups is 2. The molecule has 0 aliphatic carbocycles. The molecule has 2 heterocycles. The van der Waals surface area contributed by atoms with Gasteiger partial charge in [0.1, 0.15) is 0 Å². The highest BCUT2D eigenvalue weighted by atomic mass is 79.9. The minimum atomic E-state index is -0.0720.